The monoisotopic (exact) mass is 682 g/mol. The van der Waals surface area contributed by atoms with Crippen molar-refractivity contribution in [3.05, 3.63) is 59.9 Å². The molecule has 0 spiro atoms. The lowest BCUT2D eigenvalue weighted by Crippen LogP contribution is -2.58. The Morgan fingerprint density at radius 1 is 1.00 bits per heavy atom. The van der Waals surface area contributed by atoms with Crippen LogP contribution < -0.4 is 10.6 Å². The van der Waals surface area contributed by atoms with E-state index in [-0.39, 0.29) is 36.1 Å². The highest BCUT2D eigenvalue weighted by Gasteiger charge is 2.54. The number of halogens is 1. The zero-order chi connectivity index (χ0) is 33.7. The zero-order valence-electron chi connectivity index (χ0n) is 28.1. The van der Waals surface area contributed by atoms with Crippen LogP contribution in [0.3, 0.4) is 0 Å². The van der Waals surface area contributed by atoms with Gasteiger partial charge in [0.05, 0.1) is 15.7 Å². The maximum atomic E-state index is 14.9. The molecule has 3 N–H and O–H groups in total. The number of hydrogen-bond donors (Lipinski definition) is 2. The first-order chi connectivity index (χ1) is 22.9. The van der Waals surface area contributed by atoms with Gasteiger partial charge >= 0.3 is 6.09 Å². The molecule has 3 aliphatic heterocycles. The van der Waals surface area contributed by atoms with Crippen LogP contribution in [0.25, 0.3) is 0 Å². The highest BCUT2D eigenvalue weighted by atomic mass is 32.2. The van der Waals surface area contributed by atoms with Crippen molar-refractivity contribution >= 4 is 21.6 Å². The first-order valence-electron chi connectivity index (χ1n) is 17.9. The van der Waals surface area contributed by atoms with Gasteiger partial charge in [-0.25, -0.2) is 17.6 Å². The fraction of sp³-hybridized carbons (Fsp3) is 0.649. The van der Waals surface area contributed by atoms with Crippen LogP contribution in [0.15, 0.2) is 53.4 Å². The lowest BCUT2D eigenvalue weighted by molar-refractivity contribution is -0.0145. The summed E-state index contributed by atoms with van der Waals surface area (Å²) in [4.78, 5) is 19.7. The number of carbonyl (C=O) groups excluding carboxylic acids is 1. The van der Waals surface area contributed by atoms with Crippen LogP contribution in [0.4, 0.5) is 14.9 Å². The van der Waals surface area contributed by atoms with Crippen LogP contribution >= 0.6 is 0 Å². The first kappa shape index (κ1) is 33.8. The highest BCUT2D eigenvalue weighted by Crippen LogP contribution is 2.52. The number of primary amides is 1. The largest absolute Gasteiger partial charge is 0.446 e. The third kappa shape index (κ3) is 6.60. The molecule has 0 bridgehead atoms. The molecule has 1 amide bonds. The number of nitrogens with two attached hydrogens (primary N) is 1. The lowest BCUT2D eigenvalue weighted by Gasteiger charge is -2.53. The van der Waals surface area contributed by atoms with Crippen LogP contribution in [0.2, 0.25) is 0 Å². The van der Waals surface area contributed by atoms with Crippen molar-refractivity contribution in [2.45, 2.75) is 85.6 Å². The predicted octanol–water partition coefficient (Wildman–Crippen LogP) is 4.57. The summed E-state index contributed by atoms with van der Waals surface area (Å²) in [5.41, 5.74) is 6.44. The number of piperidine rings is 1. The standard InChI is InChI=1S/C37H51FN4O5S/c1-36(44)20-32(21-36)48(45,46)31-11-9-30(10-12-31)42-23-26(24-42)22-40-17-13-27(14-18-40)37(25-41-15-4-16-41,28-5-2-6-29(38)19-28)33-7-3-8-34(33)47-35(39)43/h2,5-6,9-12,19,26-27,32-34,44H,3-4,7-8,13-18,20-25H2,1H3,(H2,39,43)/t32?,33-,34-,36?,37?/m0/s1. The summed E-state index contributed by atoms with van der Waals surface area (Å²) in [6.45, 7) is 9.49. The summed E-state index contributed by atoms with van der Waals surface area (Å²) in [5.74, 6) is 0.743. The molecular formula is C37H51FN4O5S. The summed E-state index contributed by atoms with van der Waals surface area (Å²) < 4.78 is 46.5. The Kier molecular flexibility index (Phi) is 9.28. The van der Waals surface area contributed by atoms with E-state index in [1.165, 1.54) is 12.5 Å². The minimum Gasteiger partial charge on any atom is -0.446 e. The van der Waals surface area contributed by atoms with Crippen molar-refractivity contribution in [2.24, 2.45) is 23.5 Å². The molecule has 3 saturated heterocycles. The Labute approximate surface area is 284 Å². The third-order valence-corrected chi connectivity index (χ3v) is 14.4. The highest BCUT2D eigenvalue weighted by molar-refractivity contribution is 7.92. The van der Waals surface area contributed by atoms with E-state index in [0.717, 1.165) is 95.7 Å². The summed E-state index contributed by atoms with van der Waals surface area (Å²) in [6, 6.07) is 14.4. The molecule has 5 fully saturated rings. The van der Waals surface area contributed by atoms with Gasteiger partial charge in [0.15, 0.2) is 9.84 Å². The van der Waals surface area contributed by atoms with Gasteiger partial charge < -0.3 is 30.3 Å². The van der Waals surface area contributed by atoms with Crippen LogP contribution in [-0.4, -0.2) is 98.7 Å². The number of aliphatic hydroxyl groups is 1. The summed E-state index contributed by atoms with van der Waals surface area (Å²) in [7, 11) is -3.42. The van der Waals surface area contributed by atoms with E-state index in [1.807, 2.05) is 18.2 Å². The van der Waals surface area contributed by atoms with Gasteiger partial charge in [-0.05, 0) is 132 Å². The van der Waals surface area contributed by atoms with Gasteiger partial charge in [-0.2, -0.15) is 0 Å². The van der Waals surface area contributed by atoms with E-state index in [2.05, 4.69) is 20.8 Å². The number of likely N-dealkylation sites (tertiary alicyclic amines) is 2. The van der Waals surface area contributed by atoms with Gasteiger partial charge in [0, 0.05) is 49.1 Å². The second-order valence-electron chi connectivity index (χ2n) is 15.6. The maximum absolute atomic E-state index is 14.9. The molecule has 3 atom stereocenters. The van der Waals surface area contributed by atoms with E-state index in [9.17, 15) is 22.7 Å². The molecular weight excluding hydrogens is 631 g/mol. The molecule has 3 heterocycles. The molecule has 2 aromatic rings. The molecule has 9 nitrogen and oxygen atoms in total. The topological polar surface area (TPSA) is 116 Å². The second-order valence-corrected chi connectivity index (χ2v) is 17.8. The fourth-order valence-corrected chi connectivity index (χ4v) is 11.7. The van der Waals surface area contributed by atoms with E-state index >= 15 is 0 Å². The average Bonchev–Trinajstić information content (AvgIpc) is 3.45. The predicted molar refractivity (Wildman–Crippen MR) is 183 cm³/mol. The molecule has 262 valence electrons. The molecule has 5 aliphatic rings. The number of rotatable bonds is 11. The Morgan fingerprint density at radius 3 is 2.31 bits per heavy atom. The molecule has 48 heavy (non-hydrogen) atoms. The van der Waals surface area contributed by atoms with Crippen molar-refractivity contribution in [3.8, 4) is 0 Å². The molecule has 11 heteroatoms. The van der Waals surface area contributed by atoms with Gasteiger partial charge in [0.2, 0.25) is 0 Å². The number of benzene rings is 2. The minimum absolute atomic E-state index is 0.0918. The quantitative estimate of drug-likeness (QED) is 0.355. The molecule has 0 aromatic heterocycles. The zero-order valence-corrected chi connectivity index (χ0v) is 28.9. The van der Waals surface area contributed by atoms with Crippen molar-refractivity contribution in [1.82, 2.24) is 9.80 Å². The summed E-state index contributed by atoms with van der Waals surface area (Å²) >= 11 is 0. The Morgan fingerprint density at radius 2 is 1.71 bits per heavy atom. The molecule has 0 radical (unpaired) electrons. The fourth-order valence-electron chi connectivity index (χ4n) is 9.66. The summed E-state index contributed by atoms with van der Waals surface area (Å²) in [5, 5.41) is 9.51. The van der Waals surface area contributed by atoms with E-state index in [1.54, 1.807) is 25.1 Å². The normalized spacial score (nSPS) is 30.2. The van der Waals surface area contributed by atoms with Crippen molar-refractivity contribution in [1.29, 1.82) is 0 Å². The number of nitrogens with zero attached hydrogens (tertiary/aromatic N) is 3. The Hall–Kier alpha value is -2.73. The van der Waals surface area contributed by atoms with Crippen LogP contribution in [0.1, 0.15) is 63.9 Å². The molecule has 2 aliphatic carbocycles. The van der Waals surface area contributed by atoms with Gasteiger partial charge in [-0.15, -0.1) is 0 Å². The van der Waals surface area contributed by atoms with Crippen LogP contribution in [0.5, 0.6) is 0 Å². The average molecular weight is 683 g/mol. The van der Waals surface area contributed by atoms with Crippen LogP contribution in [0, 0.1) is 23.6 Å². The molecule has 7 rings (SSSR count). The Bertz CT molecular complexity index is 1560. The molecule has 2 saturated carbocycles. The third-order valence-electron chi connectivity index (χ3n) is 12.3. The van der Waals surface area contributed by atoms with Gasteiger partial charge in [0.1, 0.15) is 11.9 Å². The number of hydrogen-bond acceptors (Lipinski definition) is 8. The molecule has 2 aromatic carbocycles. The number of ether oxygens (including phenoxy) is 1. The Balaban J connectivity index is 0.995. The number of anilines is 1. The van der Waals surface area contributed by atoms with Crippen molar-refractivity contribution in [2.75, 3.05) is 57.3 Å². The SMILES string of the molecule is CC1(O)CC(S(=O)(=O)c2ccc(N3CC(CN4CCC(C(CN5CCC5)(c5cccc(F)c5)[C@H]5CCC[C@@H]5OC(N)=O)CC4)C3)cc2)C1. The molecule has 1 unspecified atom stereocenters. The number of carbonyl (C=O) groups is 1. The van der Waals surface area contributed by atoms with Gasteiger partial charge in [-0.3, -0.25) is 0 Å². The van der Waals surface area contributed by atoms with E-state index in [0.29, 0.717) is 16.7 Å². The maximum Gasteiger partial charge on any atom is 0.404 e. The van der Waals surface area contributed by atoms with Gasteiger partial charge in [-0.1, -0.05) is 12.1 Å². The second kappa shape index (κ2) is 13.2. The number of amides is 1. The summed E-state index contributed by atoms with van der Waals surface area (Å²) in [6.07, 6.45) is 5.50. The van der Waals surface area contributed by atoms with E-state index in [4.69, 9.17) is 10.5 Å². The minimum atomic E-state index is -3.42. The van der Waals surface area contributed by atoms with E-state index < -0.39 is 26.8 Å². The van der Waals surface area contributed by atoms with Gasteiger partial charge in [0.25, 0.3) is 0 Å². The van der Waals surface area contributed by atoms with Crippen molar-refractivity contribution < 1.29 is 27.4 Å². The number of sulfone groups is 1. The van der Waals surface area contributed by atoms with Crippen molar-refractivity contribution in [3.63, 3.8) is 0 Å². The first-order valence-corrected chi connectivity index (χ1v) is 19.5. The van der Waals surface area contributed by atoms with Crippen LogP contribution in [-0.2, 0) is 20.0 Å². The lowest BCUT2D eigenvalue weighted by atomic mass is 9.58. The smallest absolute Gasteiger partial charge is 0.404 e.